The topological polar surface area (TPSA) is 105 Å². The smallest absolute Gasteiger partial charge is 0.408 e. The molecule has 0 bridgehead atoms. The first-order valence-corrected chi connectivity index (χ1v) is 10.5. The fraction of sp³-hybridized carbons (Fsp3) is 0.192. The van der Waals surface area contributed by atoms with Crippen molar-refractivity contribution in [3.05, 3.63) is 89.5 Å². The Morgan fingerprint density at radius 2 is 1.42 bits per heavy atom. The predicted octanol–water partition coefficient (Wildman–Crippen LogP) is 4.64. The Bertz CT molecular complexity index is 1170. The van der Waals surface area contributed by atoms with Gasteiger partial charge in [-0.05, 0) is 60.4 Å². The van der Waals surface area contributed by atoms with Crippen LogP contribution in [-0.2, 0) is 9.53 Å². The van der Waals surface area contributed by atoms with Crippen molar-refractivity contribution in [2.45, 2.75) is 25.3 Å². The number of ether oxygens (including phenoxy) is 1. The molecule has 0 aliphatic heterocycles. The SMILES string of the molecule is CC(C)(NC(=O)OCC1c2ccccc2-c2ccccc21)C(=O)Nc1ccc(C(=O)O)cc1. The third-order valence-electron chi connectivity index (χ3n) is 5.72. The number of anilines is 1. The molecule has 0 aromatic heterocycles. The van der Waals surface area contributed by atoms with E-state index in [2.05, 4.69) is 22.8 Å². The number of rotatable bonds is 6. The summed E-state index contributed by atoms with van der Waals surface area (Å²) in [5, 5.41) is 14.3. The molecule has 0 atom stereocenters. The second kappa shape index (κ2) is 8.78. The molecule has 0 radical (unpaired) electrons. The number of carboxylic acids is 1. The summed E-state index contributed by atoms with van der Waals surface area (Å²) in [5.74, 6) is -1.59. The number of fused-ring (bicyclic) bond motifs is 3. The molecule has 0 heterocycles. The Morgan fingerprint density at radius 1 is 0.879 bits per heavy atom. The lowest BCUT2D eigenvalue weighted by Gasteiger charge is -2.25. The van der Waals surface area contributed by atoms with Crippen LogP contribution in [0.3, 0.4) is 0 Å². The fourth-order valence-electron chi connectivity index (χ4n) is 3.93. The van der Waals surface area contributed by atoms with E-state index in [1.807, 2.05) is 36.4 Å². The molecule has 7 nitrogen and oxygen atoms in total. The minimum atomic E-state index is -1.26. The van der Waals surface area contributed by atoms with Gasteiger partial charge in [-0.2, -0.15) is 0 Å². The zero-order valence-electron chi connectivity index (χ0n) is 18.3. The molecule has 0 unspecified atom stereocenters. The molecule has 3 aromatic carbocycles. The maximum absolute atomic E-state index is 12.7. The summed E-state index contributed by atoms with van der Waals surface area (Å²) >= 11 is 0. The van der Waals surface area contributed by atoms with Crippen molar-refractivity contribution >= 4 is 23.7 Å². The Balaban J connectivity index is 1.38. The fourth-order valence-corrected chi connectivity index (χ4v) is 3.93. The molecular formula is C26H24N2O5. The van der Waals surface area contributed by atoms with Gasteiger partial charge in [0.1, 0.15) is 12.1 Å². The van der Waals surface area contributed by atoms with E-state index in [1.54, 1.807) is 13.8 Å². The van der Waals surface area contributed by atoms with Gasteiger partial charge in [0.15, 0.2) is 0 Å². The summed E-state index contributed by atoms with van der Waals surface area (Å²) in [7, 11) is 0. The van der Waals surface area contributed by atoms with E-state index in [0.717, 1.165) is 22.3 Å². The Morgan fingerprint density at radius 3 is 1.97 bits per heavy atom. The van der Waals surface area contributed by atoms with Crippen LogP contribution in [0.1, 0.15) is 41.3 Å². The van der Waals surface area contributed by atoms with Gasteiger partial charge < -0.3 is 20.5 Å². The molecule has 0 fully saturated rings. The Labute approximate surface area is 191 Å². The molecule has 0 saturated heterocycles. The van der Waals surface area contributed by atoms with Gasteiger partial charge in [0.25, 0.3) is 0 Å². The van der Waals surface area contributed by atoms with E-state index in [9.17, 15) is 14.4 Å². The number of carbonyl (C=O) groups is 3. The second-order valence-electron chi connectivity index (χ2n) is 8.41. The summed E-state index contributed by atoms with van der Waals surface area (Å²) in [6, 6.07) is 21.9. The van der Waals surface area contributed by atoms with Gasteiger partial charge in [-0.25, -0.2) is 9.59 Å². The number of hydrogen-bond donors (Lipinski definition) is 3. The van der Waals surface area contributed by atoms with Crippen molar-refractivity contribution in [2.24, 2.45) is 0 Å². The number of benzene rings is 3. The van der Waals surface area contributed by atoms with Crippen LogP contribution in [-0.4, -0.2) is 35.2 Å². The molecular weight excluding hydrogens is 420 g/mol. The summed E-state index contributed by atoms with van der Waals surface area (Å²) in [4.78, 5) is 36.2. The summed E-state index contributed by atoms with van der Waals surface area (Å²) < 4.78 is 5.52. The van der Waals surface area contributed by atoms with E-state index in [1.165, 1.54) is 24.3 Å². The van der Waals surface area contributed by atoms with Crippen molar-refractivity contribution in [1.82, 2.24) is 5.32 Å². The molecule has 3 aromatic rings. The van der Waals surface area contributed by atoms with Crippen molar-refractivity contribution < 1.29 is 24.2 Å². The summed E-state index contributed by atoms with van der Waals surface area (Å²) in [6.45, 7) is 3.28. The Kier molecular flexibility index (Phi) is 5.87. The monoisotopic (exact) mass is 444 g/mol. The number of carboxylic acid groups (broad SMARTS) is 1. The third kappa shape index (κ3) is 4.57. The van der Waals surface area contributed by atoms with Gasteiger partial charge >= 0.3 is 12.1 Å². The lowest BCUT2D eigenvalue weighted by molar-refractivity contribution is -0.121. The minimum absolute atomic E-state index is 0.0761. The molecule has 168 valence electrons. The second-order valence-corrected chi connectivity index (χ2v) is 8.41. The molecule has 7 heteroatoms. The third-order valence-corrected chi connectivity index (χ3v) is 5.72. The average Bonchev–Trinajstić information content (AvgIpc) is 3.11. The highest BCUT2D eigenvalue weighted by atomic mass is 16.5. The van der Waals surface area contributed by atoms with Crippen molar-refractivity contribution in [3.8, 4) is 11.1 Å². The normalized spacial score (nSPS) is 12.4. The predicted molar refractivity (Wildman–Crippen MR) is 124 cm³/mol. The highest BCUT2D eigenvalue weighted by Crippen LogP contribution is 2.44. The van der Waals surface area contributed by atoms with Crippen LogP contribution in [0, 0.1) is 0 Å². The average molecular weight is 444 g/mol. The van der Waals surface area contributed by atoms with Crippen molar-refractivity contribution in [1.29, 1.82) is 0 Å². The van der Waals surface area contributed by atoms with E-state index in [0.29, 0.717) is 5.69 Å². The first-order chi connectivity index (χ1) is 15.8. The standard InChI is InChI=1S/C26H24N2O5/c1-26(2,24(31)27-17-13-11-16(12-14-17)23(29)30)28-25(32)33-15-22-20-9-5-3-7-18(20)19-8-4-6-10-21(19)22/h3-14,22H,15H2,1-2H3,(H,27,31)(H,28,32)(H,29,30). The maximum atomic E-state index is 12.7. The molecule has 33 heavy (non-hydrogen) atoms. The van der Waals surface area contributed by atoms with Crippen molar-refractivity contribution in [2.75, 3.05) is 11.9 Å². The van der Waals surface area contributed by atoms with Gasteiger partial charge in [0, 0.05) is 11.6 Å². The number of nitrogens with one attached hydrogen (secondary N) is 2. The molecule has 0 spiro atoms. The van der Waals surface area contributed by atoms with Gasteiger partial charge in [0.05, 0.1) is 5.56 Å². The van der Waals surface area contributed by atoms with Crippen LogP contribution in [0.4, 0.5) is 10.5 Å². The molecule has 2 amide bonds. The molecule has 1 aliphatic rings. The van der Waals surface area contributed by atoms with Crippen LogP contribution < -0.4 is 10.6 Å². The number of amides is 2. The quantitative estimate of drug-likeness (QED) is 0.514. The molecule has 3 N–H and O–H groups in total. The summed E-state index contributed by atoms with van der Waals surface area (Å²) in [6.07, 6.45) is -0.696. The van der Waals surface area contributed by atoms with E-state index >= 15 is 0 Å². The number of aromatic carboxylic acids is 1. The first-order valence-electron chi connectivity index (χ1n) is 10.5. The summed E-state index contributed by atoms with van der Waals surface area (Å²) in [5.41, 5.74) is 3.76. The largest absolute Gasteiger partial charge is 0.478 e. The molecule has 4 rings (SSSR count). The number of hydrogen-bond acceptors (Lipinski definition) is 4. The number of carbonyl (C=O) groups excluding carboxylic acids is 2. The lowest BCUT2D eigenvalue weighted by Crippen LogP contribution is -2.52. The maximum Gasteiger partial charge on any atom is 0.408 e. The van der Waals surface area contributed by atoms with E-state index in [-0.39, 0.29) is 18.1 Å². The van der Waals surface area contributed by atoms with Crippen LogP contribution >= 0.6 is 0 Å². The zero-order chi connectivity index (χ0) is 23.6. The van der Waals surface area contributed by atoms with Crippen LogP contribution in [0.15, 0.2) is 72.8 Å². The first kappa shape index (κ1) is 22.1. The lowest BCUT2D eigenvalue weighted by atomic mass is 9.98. The van der Waals surface area contributed by atoms with Gasteiger partial charge in [-0.3, -0.25) is 4.79 Å². The molecule has 1 aliphatic carbocycles. The van der Waals surface area contributed by atoms with Crippen LogP contribution in [0.25, 0.3) is 11.1 Å². The van der Waals surface area contributed by atoms with Gasteiger partial charge in [-0.15, -0.1) is 0 Å². The van der Waals surface area contributed by atoms with Crippen LogP contribution in [0.5, 0.6) is 0 Å². The van der Waals surface area contributed by atoms with Crippen LogP contribution in [0.2, 0.25) is 0 Å². The van der Waals surface area contributed by atoms with E-state index < -0.39 is 23.5 Å². The van der Waals surface area contributed by atoms with Crippen molar-refractivity contribution in [3.63, 3.8) is 0 Å². The highest BCUT2D eigenvalue weighted by molar-refractivity contribution is 5.99. The Hall–Kier alpha value is -4.13. The minimum Gasteiger partial charge on any atom is -0.478 e. The highest BCUT2D eigenvalue weighted by Gasteiger charge is 2.32. The van der Waals surface area contributed by atoms with Gasteiger partial charge in [-0.1, -0.05) is 48.5 Å². The molecule has 0 saturated carbocycles. The van der Waals surface area contributed by atoms with E-state index in [4.69, 9.17) is 9.84 Å². The zero-order valence-corrected chi connectivity index (χ0v) is 18.3. The van der Waals surface area contributed by atoms with Gasteiger partial charge in [0.2, 0.25) is 5.91 Å². The number of alkyl carbamates (subject to hydrolysis) is 1.